The van der Waals surface area contributed by atoms with E-state index in [1.54, 1.807) is 13.0 Å². The van der Waals surface area contributed by atoms with Crippen molar-refractivity contribution in [2.75, 3.05) is 16.8 Å². The molecule has 1 aromatic carbocycles. The molecule has 0 spiro atoms. The molecule has 3 rings (SSSR count). The van der Waals surface area contributed by atoms with Gasteiger partial charge in [-0.1, -0.05) is 23.7 Å². The minimum atomic E-state index is 0.0620. The molecule has 1 aromatic heterocycles. The van der Waals surface area contributed by atoms with Crippen molar-refractivity contribution in [1.29, 1.82) is 0 Å². The molecule has 0 bridgehead atoms. The molecule has 2 aromatic rings. The number of pyridine rings is 1. The number of nitrogens with one attached hydrogen (secondary N) is 1. The maximum atomic E-state index is 11.8. The molecule has 1 aliphatic rings. The van der Waals surface area contributed by atoms with Gasteiger partial charge in [-0.15, -0.1) is 0 Å². The number of anilines is 3. The largest absolute Gasteiger partial charge is 0.354 e. The normalized spacial score (nSPS) is 13.2. The van der Waals surface area contributed by atoms with Gasteiger partial charge in [0.05, 0.1) is 11.4 Å². The van der Waals surface area contributed by atoms with Crippen LogP contribution in [0.25, 0.3) is 0 Å². The third-order valence-electron chi connectivity index (χ3n) is 3.58. The smallest absolute Gasteiger partial charge is 0.223 e. The third kappa shape index (κ3) is 2.72. The van der Waals surface area contributed by atoms with Crippen LogP contribution in [0.15, 0.2) is 30.3 Å². The first kappa shape index (κ1) is 13.9. The summed E-state index contributed by atoms with van der Waals surface area (Å²) in [5.41, 5.74) is 4.79. The van der Waals surface area contributed by atoms with Gasteiger partial charge in [-0.05, 0) is 37.1 Å². The molecule has 0 aliphatic carbocycles. The van der Waals surface area contributed by atoms with E-state index in [1.807, 2.05) is 30.0 Å². The molecule has 21 heavy (non-hydrogen) atoms. The lowest BCUT2D eigenvalue weighted by molar-refractivity contribution is -0.116. The number of rotatable bonds is 2. The summed E-state index contributed by atoms with van der Waals surface area (Å²) < 4.78 is 0. The van der Waals surface area contributed by atoms with E-state index in [2.05, 4.69) is 16.4 Å². The average Bonchev–Trinajstić information content (AvgIpc) is 2.82. The molecule has 108 valence electrons. The maximum Gasteiger partial charge on any atom is 0.223 e. The fourth-order valence-electron chi connectivity index (χ4n) is 2.73. The number of carbonyl (C=O) groups excluding carboxylic acids is 1. The van der Waals surface area contributed by atoms with Crippen LogP contribution in [0.4, 0.5) is 17.1 Å². The number of nitrogens with zero attached hydrogens (tertiary/aromatic N) is 2. The minimum absolute atomic E-state index is 0.0620. The SMILES string of the molecule is CC(=O)N1CCc2cccc(Nc3cc(C)nc(Cl)c3)c21. The van der Waals surface area contributed by atoms with Crippen molar-refractivity contribution >= 4 is 34.6 Å². The quantitative estimate of drug-likeness (QED) is 0.860. The number of benzene rings is 1. The molecule has 0 fully saturated rings. The highest BCUT2D eigenvalue weighted by molar-refractivity contribution is 6.29. The lowest BCUT2D eigenvalue weighted by Gasteiger charge is -2.19. The second kappa shape index (κ2) is 5.37. The van der Waals surface area contributed by atoms with Gasteiger partial charge >= 0.3 is 0 Å². The molecule has 1 aliphatic heterocycles. The Morgan fingerprint density at radius 1 is 1.38 bits per heavy atom. The van der Waals surface area contributed by atoms with Gasteiger partial charge in [-0.2, -0.15) is 0 Å². The Balaban J connectivity index is 2.00. The average molecular weight is 302 g/mol. The van der Waals surface area contributed by atoms with Crippen LogP contribution in [-0.4, -0.2) is 17.4 Å². The fraction of sp³-hybridized carbons (Fsp3) is 0.250. The number of halogens is 1. The highest BCUT2D eigenvalue weighted by Crippen LogP contribution is 2.37. The monoisotopic (exact) mass is 301 g/mol. The minimum Gasteiger partial charge on any atom is -0.354 e. The molecule has 1 amide bonds. The van der Waals surface area contributed by atoms with Crippen LogP contribution in [0.1, 0.15) is 18.2 Å². The van der Waals surface area contributed by atoms with Crippen molar-refractivity contribution in [2.45, 2.75) is 20.3 Å². The third-order valence-corrected chi connectivity index (χ3v) is 3.77. The molecule has 2 heterocycles. The summed E-state index contributed by atoms with van der Waals surface area (Å²) in [6, 6.07) is 9.75. The Morgan fingerprint density at radius 3 is 2.90 bits per heavy atom. The molecule has 0 atom stereocenters. The van der Waals surface area contributed by atoms with Crippen LogP contribution < -0.4 is 10.2 Å². The van der Waals surface area contributed by atoms with Gasteiger partial charge < -0.3 is 10.2 Å². The summed E-state index contributed by atoms with van der Waals surface area (Å²) in [7, 11) is 0. The molecular formula is C16H16ClN3O. The van der Waals surface area contributed by atoms with Crippen LogP contribution in [-0.2, 0) is 11.2 Å². The molecule has 5 heteroatoms. The number of aryl methyl sites for hydroxylation is 1. The summed E-state index contributed by atoms with van der Waals surface area (Å²) in [5.74, 6) is 0.0620. The first-order valence-electron chi connectivity index (χ1n) is 6.86. The van der Waals surface area contributed by atoms with Crippen molar-refractivity contribution in [3.05, 3.63) is 46.7 Å². The van der Waals surface area contributed by atoms with Crippen molar-refractivity contribution in [1.82, 2.24) is 4.98 Å². The second-order valence-corrected chi connectivity index (χ2v) is 5.57. The zero-order valence-corrected chi connectivity index (χ0v) is 12.7. The molecule has 4 nitrogen and oxygen atoms in total. The highest BCUT2D eigenvalue weighted by Gasteiger charge is 2.25. The van der Waals surface area contributed by atoms with Gasteiger partial charge in [0.25, 0.3) is 0 Å². The molecule has 0 radical (unpaired) electrons. The Hall–Kier alpha value is -2.07. The predicted molar refractivity (Wildman–Crippen MR) is 85.4 cm³/mol. The fourth-order valence-corrected chi connectivity index (χ4v) is 2.98. The molecule has 0 unspecified atom stereocenters. The summed E-state index contributed by atoms with van der Waals surface area (Å²) in [6.07, 6.45) is 0.889. The van der Waals surface area contributed by atoms with E-state index in [1.165, 1.54) is 5.56 Å². The zero-order chi connectivity index (χ0) is 15.0. The zero-order valence-electron chi connectivity index (χ0n) is 12.0. The first-order chi connectivity index (χ1) is 10.0. The maximum absolute atomic E-state index is 11.8. The summed E-state index contributed by atoms with van der Waals surface area (Å²) in [5, 5.41) is 3.80. The highest BCUT2D eigenvalue weighted by atomic mass is 35.5. The van der Waals surface area contributed by atoms with Crippen LogP contribution in [0.5, 0.6) is 0 Å². The van der Waals surface area contributed by atoms with E-state index in [-0.39, 0.29) is 5.91 Å². The van der Waals surface area contributed by atoms with E-state index >= 15 is 0 Å². The summed E-state index contributed by atoms with van der Waals surface area (Å²) >= 11 is 6.00. The lowest BCUT2D eigenvalue weighted by Crippen LogP contribution is -2.26. The summed E-state index contributed by atoms with van der Waals surface area (Å²) in [6.45, 7) is 4.23. The molecule has 0 saturated heterocycles. The topological polar surface area (TPSA) is 45.2 Å². The van der Waals surface area contributed by atoms with Crippen LogP contribution in [0.2, 0.25) is 5.15 Å². The number of carbonyl (C=O) groups is 1. The van der Waals surface area contributed by atoms with Gasteiger partial charge in [-0.3, -0.25) is 4.79 Å². The van der Waals surface area contributed by atoms with E-state index in [9.17, 15) is 4.79 Å². The second-order valence-electron chi connectivity index (χ2n) is 5.18. The molecule has 1 N–H and O–H groups in total. The van der Waals surface area contributed by atoms with Crippen LogP contribution in [0, 0.1) is 6.92 Å². The number of hydrogen-bond donors (Lipinski definition) is 1. The van der Waals surface area contributed by atoms with Crippen molar-refractivity contribution in [2.24, 2.45) is 0 Å². The van der Waals surface area contributed by atoms with Crippen molar-refractivity contribution in [3.8, 4) is 0 Å². The summed E-state index contributed by atoms with van der Waals surface area (Å²) in [4.78, 5) is 17.8. The Morgan fingerprint density at radius 2 is 2.19 bits per heavy atom. The van der Waals surface area contributed by atoms with E-state index in [4.69, 9.17) is 11.6 Å². The van der Waals surface area contributed by atoms with Crippen molar-refractivity contribution < 1.29 is 4.79 Å². The predicted octanol–water partition coefficient (Wildman–Crippen LogP) is 3.70. The van der Waals surface area contributed by atoms with Gasteiger partial charge in [0.2, 0.25) is 5.91 Å². The molecular weight excluding hydrogens is 286 g/mol. The Kier molecular flexibility index (Phi) is 3.55. The first-order valence-corrected chi connectivity index (χ1v) is 7.23. The standard InChI is InChI=1S/C16H16ClN3O/c1-10-8-13(9-15(17)18-10)19-14-5-3-4-12-6-7-20(11(2)21)16(12)14/h3-5,8-9H,6-7H2,1-2H3,(H,18,19). The van der Waals surface area contributed by atoms with Gasteiger partial charge in [0, 0.05) is 24.8 Å². The number of para-hydroxylation sites is 1. The van der Waals surface area contributed by atoms with Crippen molar-refractivity contribution in [3.63, 3.8) is 0 Å². The lowest BCUT2D eigenvalue weighted by atomic mass is 10.1. The van der Waals surface area contributed by atoms with E-state index in [0.29, 0.717) is 5.15 Å². The van der Waals surface area contributed by atoms with Gasteiger partial charge in [0.1, 0.15) is 5.15 Å². The number of aromatic nitrogens is 1. The van der Waals surface area contributed by atoms with Gasteiger partial charge in [-0.25, -0.2) is 4.98 Å². The van der Waals surface area contributed by atoms with E-state index in [0.717, 1.165) is 35.7 Å². The van der Waals surface area contributed by atoms with Crippen LogP contribution in [0.3, 0.4) is 0 Å². The number of hydrogen-bond acceptors (Lipinski definition) is 3. The Labute approximate surface area is 128 Å². The number of amides is 1. The van der Waals surface area contributed by atoms with Gasteiger partial charge in [0.15, 0.2) is 0 Å². The number of fused-ring (bicyclic) bond motifs is 1. The van der Waals surface area contributed by atoms with E-state index < -0.39 is 0 Å². The Bertz CT molecular complexity index is 694. The van der Waals surface area contributed by atoms with Crippen LogP contribution >= 0.6 is 11.6 Å². The molecule has 0 saturated carbocycles.